The molecule has 0 radical (unpaired) electrons. The Balaban J connectivity index is 3.33. The van der Waals surface area contributed by atoms with Crippen LogP contribution < -0.4 is 0 Å². The number of aldehydes is 1. The van der Waals surface area contributed by atoms with Gasteiger partial charge in [-0.15, -0.1) is 0 Å². The van der Waals surface area contributed by atoms with Crippen molar-refractivity contribution in [3.05, 3.63) is 37.0 Å². The minimum atomic E-state index is 0.488. The highest BCUT2D eigenvalue weighted by Crippen LogP contribution is 1.79. The second-order valence-corrected chi connectivity index (χ2v) is 1.45. The van der Waals surface area contributed by atoms with E-state index in [1.165, 1.54) is 0 Å². The van der Waals surface area contributed by atoms with Crippen molar-refractivity contribution in [1.29, 1.82) is 0 Å². The molecular formula is C8H10O. The first-order valence-electron chi connectivity index (χ1n) is 2.79. The average molecular weight is 122 g/mol. The van der Waals surface area contributed by atoms with Crippen LogP contribution in [0, 0.1) is 0 Å². The Morgan fingerprint density at radius 2 is 2.00 bits per heavy atom. The van der Waals surface area contributed by atoms with E-state index < -0.39 is 0 Å². The van der Waals surface area contributed by atoms with Crippen LogP contribution in [0.25, 0.3) is 0 Å². The van der Waals surface area contributed by atoms with Crippen molar-refractivity contribution in [2.24, 2.45) is 0 Å². The van der Waals surface area contributed by atoms with Crippen LogP contribution in [0.2, 0.25) is 0 Å². The summed E-state index contributed by atoms with van der Waals surface area (Å²) < 4.78 is 0. The van der Waals surface area contributed by atoms with Gasteiger partial charge >= 0.3 is 0 Å². The third kappa shape index (κ3) is 6.89. The quantitative estimate of drug-likeness (QED) is 0.411. The molecule has 0 bridgehead atoms. The molecular weight excluding hydrogens is 112 g/mol. The largest absolute Gasteiger partial charge is 0.303 e. The van der Waals surface area contributed by atoms with Crippen LogP contribution in [0.5, 0.6) is 0 Å². The van der Waals surface area contributed by atoms with E-state index in [0.29, 0.717) is 6.42 Å². The molecule has 9 heavy (non-hydrogen) atoms. The van der Waals surface area contributed by atoms with Crippen LogP contribution in [0.15, 0.2) is 37.0 Å². The molecule has 0 N–H and O–H groups in total. The van der Waals surface area contributed by atoms with Crippen molar-refractivity contribution in [2.75, 3.05) is 0 Å². The highest BCUT2D eigenvalue weighted by Gasteiger charge is 1.66. The Morgan fingerprint density at radius 1 is 1.22 bits per heavy atom. The number of hydrogen-bond acceptors (Lipinski definition) is 1. The third-order valence-electron chi connectivity index (χ3n) is 0.727. The van der Waals surface area contributed by atoms with Gasteiger partial charge in [-0.3, -0.25) is 0 Å². The summed E-state index contributed by atoms with van der Waals surface area (Å²) in [5, 5.41) is 0. The predicted octanol–water partition coefficient (Wildman–Crippen LogP) is 1.87. The van der Waals surface area contributed by atoms with Crippen molar-refractivity contribution < 1.29 is 4.79 Å². The molecule has 0 aliphatic heterocycles. The maximum Gasteiger partial charge on any atom is 0.123 e. The summed E-state index contributed by atoms with van der Waals surface area (Å²) in [7, 11) is 0. The van der Waals surface area contributed by atoms with Gasteiger partial charge in [-0.2, -0.15) is 0 Å². The molecule has 0 aliphatic carbocycles. The fraction of sp³-hybridized carbons (Fsp3) is 0.125. The Labute approximate surface area is 55.4 Å². The Hall–Kier alpha value is -1.11. The lowest BCUT2D eigenvalue weighted by Gasteiger charge is -1.71. The smallest absolute Gasteiger partial charge is 0.123 e. The monoisotopic (exact) mass is 122 g/mol. The van der Waals surface area contributed by atoms with Crippen molar-refractivity contribution >= 4 is 6.29 Å². The predicted molar refractivity (Wildman–Crippen MR) is 39.2 cm³/mol. The molecule has 0 saturated carbocycles. The molecule has 48 valence electrons. The number of carbonyl (C=O) groups is 1. The lowest BCUT2D eigenvalue weighted by atomic mass is 10.4. The van der Waals surface area contributed by atoms with E-state index in [1.807, 2.05) is 12.2 Å². The van der Waals surface area contributed by atoms with Gasteiger partial charge in [-0.1, -0.05) is 37.0 Å². The van der Waals surface area contributed by atoms with Gasteiger partial charge in [0.25, 0.3) is 0 Å². The molecule has 0 saturated heterocycles. The fourth-order valence-corrected chi connectivity index (χ4v) is 0.355. The molecule has 0 atom stereocenters. The summed E-state index contributed by atoms with van der Waals surface area (Å²) in [4.78, 5) is 9.74. The summed E-state index contributed by atoms with van der Waals surface area (Å²) in [6, 6.07) is 0. The van der Waals surface area contributed by atoms with Gasteiger partial charge < -0.3 is 4.79 Å². The van der Waals surface area contributed by atoms with Gasteiger partial charge in [-0.25, -0.2) is 0 Å². The second kappa shape index (κ2) is 6.89. The lowest BCUT2D eigenvalue weighted by Crippen LogP contribution is -1.62. The highest BCUT2D eigenvalue weighted by molar-refractivity contribution is 5.52. The summed E-state index contributed by atoms with van der Waals surface area (Å²) in [6.45, 7) is 3.49. The van der Waals surface area contributed by atoms with Crippen LogP contribution in [0.3, 0.4) is 0 Å². The number of hydrogen-bond donors (Lipinski definition) is 0. The van der Waals surface area contributed by atoms with Gasteiger partial charge in [0, 0.05) is 6.42 Å². The van der Waals surface area contributed by atoms with E-state index in [-0.39, 0.29) is 0 Å². The van der Waals surface area contributed by atoms with E-state index in [1.54, 1.807) is 18.2 Å². The highest BCUT2D eigenvalue weighted by atomic mass is 16.1. The molecule has 0 aromatic carbocycles. The molecule has 0 spiro atoms. The van der Waals surface area contributed by atoms with Gasteiger partial charge in [0.05, 0.1) is 0 Å². The van der Waals surface area contributed by atoms with Crippen LogP contribution in [-0.4, -0.2) is 6.29 Å². The molecule has 0 unspecified atom stereocenters. The second-order valence-electron chi connectivity index (χ2n) is 1.45. The fourth-order valence-electron chi connectivity index (χ4n) is 0.355. The van der Waals surface area contributed by atoms with Crippen LogP contribution in [-0.2, 0) is 4.79 Å². The van der Waals surface area contributed by atoms with Gasteiger partial charge in [0.1, 0.15) is 6.29 Å². The maximum atomic E-state index is 9.74. The summed E-state index contributed by atoms with van der Waals surface area (Å²) in [5.41, 5.74) is 0. The first-order valence-corrected chi connectivity index (χ1v) is 2.79. The van der Waals surface area contributed by atoms with Gasteiger partial charge in [-0.05, 0) is 0 Å². The molecule has 0 amide bonds. The van der Waals surface area contributed by atoms with Crippen LogP contribution in [0.4, 0.5) is 0 Å². The van der Waals surface area contributed by atoms with Crippen LogP contribution in [0.1, 0.15) is 6.42 Å². The molecule has 0 rings (SSSR count). The molecule has 0 fully saturated rings. The van der Waals surface area contributed by atoms with Crippen molar-refractivity contribution in [3.8, 4) is 0 Å². The van der Waals surface area contributed by atoms with Crippen molar-refractivity contribution in [1.82, 2.24) is 0 Å². The molecule has 1 nitrogen and oxygen atoms in total. The minimum Gasteiger partial charge on any atom is -0.303 e. The number of allylic oxidation sites excluding steroid dienone is 5. The topological polar surface area (TPSA) is 17.1 Å². The molecule has 0 aromatic rings. The number of carbonyl (C=O) groups excluding carboxylic acids is 1. The Bertz CT molecular complexity index is 132. The first-order chi connectivity index (χ1) is 4.41. The zero-order valence-electron chi connectivity index (χ0n) is 5.29. The molecule has 1 heteroatoms. The minimum absolute atomic E-state index is 0.488. The molecule has 0 heterocycles. The summed E-state index contributed by atoms with van der Waals surface area (Å²) in [6.07, 6.45) is 10.3. The zero-order chi connectivity index (χ0) is 6.95. The van der Waals surface area contributed by atoms with Gasteiger partial charge in [0.15, 0.2) is 0 Å². The van der Waals surface area contributed by atoms with Gasteiger partial charge in [0.2, 0.25) is 0 Å². The standard InChI is InChI=1S/C8H10O/c1-2-3-4-5-6-7-8-9/h2-6,8H,1,7H2/b4-3-,6-5-. The van der Waals surface area contributed by atoms with Crippen molar-refractivity contribution in [2.45, 2.75) is 6.42 Å². The van der Waals surface area contributed by atoms with Crippen molar-refractivity contribution in [3.63, 3.8) is 0 Å². The van der Waals surface area contributed by atoms with E-state index in [9.17, 15) is 4.79 Å². The third-order valence-corrected chi connectivity index (χ3v) is 0.727. The molecule has 0 aliphatic rings. The summed E-state index contributed by atoms with van der Waals surface area (Å²) in [5.74, 6) is 0. The summed E-state index contributed by atoms with van der Waals surface area (Å²) >= 11 is 0. The molecule has 0 aromatic heterocycles. The van der Waals surface area contributed by atoms with Crippen LogP contribution >= 0.6 is 0 Å². The zero-order valence-corrected chi connectivity index (χ0v) is 5.29. The van der Waals surface area contributed by atoms with E-state index >= 15 is 0 Å². The Morgan fingerprint density at radius 3 is 2.56 bits per heavy atom. The lowest BCUT2D eigenvalue weighted by molar-refractivity contribution is -0.107. The van der Waals surface area contributed by atoms with E-state index in [0.717, 1.165) is 6.29 Å². The normalized spacial score (nSPS) is 10.7. The Kier molecular flexibility index (Phi) is 6.04. The number of rotatable bonds is 4. The van der Waals surface area contributed by atoms with E-state index in [2.05, 4.69) is 6.58 Å². The SMILES string of the molecule is C=C/C=C\C=C/CC=O. The van der Waals surface area contributed by atoms with E-state index in [4.69, 9.17) is 0 Å². The maximum absolute atomic E-state index is 9.74. The first kappa shape index (κ1) is 7.89. The average Bonchev–Trinajstić information content (AvgIpc) is 1.89.